The fourth-order valence-corrected chi connectivity index (χ4v) is 3.01. The van der Waals surface area contributed by atoms with Gasteiger partial charge < -0.3 is 10.4 Å². The summed E-state index contributed by atoms with van der Waals surface area (Å²) >= 11 is 1.18. The molecule has 0 aliphatic heterocycles. The average molecular weight is 255 g/mol. The quantitative estimate of drug-likeness (QED) is 0.424. The van der Waals surface area contributed by atoms with E-state index < -0.39 is 21.8 Å². The zero-order valence-corrected chi connectivity index (χ0v) is 9.81. The van der Waals surface area contributed by atoms with Crippen molar-refractivity contribution in [1.29, 1.82) is 0 Å². The summed E-state index contributed by atoms with van der Waals surface area (Å²) in [6.07, 6.45) is 1.43. The number of carboxylic acid groups (broad SMARTS) is 1. The summed E-state index contributed by atoms with van der Waals surface area (Å²) in [6, 6.07) is -0.966. The molecule has 0 fully saturated rings. The smallest absolute Gasteiger partial charge is 0.327 e. The Bertz CT molecular complexity index is 313. The van der Waals surface area contributed by atoms with Crippen LogP contribution in [0.5, 0.6) is 0 Å². The number of sulfone groups is 1. The summed E-state index contributed by atoms with van der Waals surface area (Å²) in [7, 11) is -3.01. The Labute approximate surface area is 92.3 Å². The number of aliphatic carboxylic acids is 1. The van der Waals surface area contributed by atoms with E-state index in [9.17, 15) is 18.0 Å². The lowest BCUT2D eigenvalue weighted by atomic mass is 10.3. The van der Waals surface area contributed by atoms with Gasteiger partial charge in [-0.25, -0.2) is 13.2 Å². The van der Waals surface area contributed by atoms with Crippen LogP contribution in [0.4, 0.5) is 0 Å². The second-order valence-electron chi connectivity index (χ2n) is 2.88. The molecule has 1 amide bonds. The first kappa shape index (κ1) is 14.2. The van der Waals surface area contributed by atoms with Crippen molar-refractivity contribution in [2.75, 3.05) is 23.5 Å². The second kappa shape index (κ2) is 6.67. The van der Waals surface area contributed by atoms with Gasteiger partial charge in [0.1, 0.15) is 15.9 Å². The maximum absolute atomic E-state index is 10.7. The van der Waals surface area contributed by atoms with Gasteiger partial charge in [0, 0.05) is 17.8 Å². The van der Waals surface area contributed by atoms with Gasteiger partial charge in [-0.1, -0.05) is 0 Å². The zero-order valence-electron chi connectivity index (χ0n) is 8.17. The molecule has 0 aromatic carbocycles. The molecule has 88 valence electrons. The summed E-state index contributed by atoms with van der Waals surface area (Å²) in [4.78, 5) is 20.6. The highest BCUT2D eigenvalue weighted by molar-refractivity contribution is 8.00. The van der Waals surface area contributed by atoms with Crippen LogP contribution in [0.2, 0.25) is 0 Å². The second-order valence-corrected chi connectivity index (χ2v) is 6.29. The van der Waals surface area contributed by atoms with E-state index in [1.54, 1.807) is 0 Å². The minimum absolute atomic E-state index is 0.00505. The lowest BCUT2D eigenvalue weighted by Crippen LogP contribution is -2.38. The molecule has 8 heteroatoms. The molecule has 0 saturated heterocycles. The molecule has 0 radical (unpaired) electrons. The molecule has 0 aromatic rings. The lowest BCUT2D eigenvalue weighted by Gasteiger charge is -2.09. The fraction of sp³-hybridized carbons (Fsp3) is 0.714. The molecule has 2 N–H and O–H groups in total. The van der Waals surface area contributed by atoms with E-state index in [0.29, 0.717) is 12.2 Å². The fourth-order valence-electron chi connectivity index (χ4n) is 0.684. The van der Waals surface area contributed by atoms with Gasteiger partial charge in [0.25, 0.3) is 0 Å². The Kier molecular flexibility index (Phi) is 6.34. The monoisotopic (exact) mass is 255 g/mol. The molecule has 0 rings (SSSR count). The van der Waals surface area contributed by atoms with E-state index in [1.165, 1.54) is 11.8 Å². The molecule has 15 heavy (non-hydrogen) atoms. The number of carbonyl (C=O) groups excluding carboxylic acids is 1. The zero-order chi connectivity index (χ0) is 11.9. The molecule has 0 saturated carbocycles. The number of amides is 1. The summed E-state index contributed by atoms with van der Waals surface area (Å²) in [5.74, 6) is -0.647. The molecule has 6 nitrogen and oxygen atoms in total. The third-order valence-corrected chi connectivity index (χ3v) is 3.72. The standard InChI is InChI=1S/C7H13NO5S2/c1-15(12,13)3-2-14-4-6(7(10)11)8-5-9/h5-6H,2-4H2,1H3,(H,8,9)(H,10,11). The highest BCUT2D eigenvalue weighted by Crippen LogP contribution is 2.04. The van der Waals surface area contributed by atoms with Crippen LogP contribution < -0.4 is 5.32 Å². The van der Waals surface area contributed by atoms with E-state index in [0.717, 1.165) is 6.26 Å². The van der Waals surface area contributed by atoms with Crippen LogP contribution in [0.15, 0.2) is 0 Å². The van der Waals surface area contributed by atoms with Crippen molar-refractivity contribution in [1.82, 2.24) is 5.32 Å². The normalized spacial score (nSPS) is 13.1. The molecule has 1 unspecified atom stereocenters. The molecule has 0 spiro atoms. The topological polar surface area (TPSA) is 101 Å². The van der Waals surface area contributed by atoms with Crippen LogP contribution in [0.25, 0.3) is 0 Å². The van der Waals surface area contributed by atoms with E-state index in [2.05, 4.69) is 5.32 Å². The average Bonchev–Trinajstić information content (AvgIpc) is 2.08. The molecular weight excluding hydrogens is 242 g/mol. The largest absolute Gasteiger partial charge is 0.480 e. The Balaban J connectivity index is 3.81. The number of carbonyl (C=O) groups is 2. The lowest BCUT2D eigenvalue weighted by molar-refractivity contribution is -0.139. The number of rotatable bonds is 8. The van der Waals surface area contributed by atoms with Gasteiger partial charge >= 0.3 is 5.97 Å². The summed E-state index contributed by atoms with van der Waals surface area (Å²) in [5.41, 5.74) is 0. The van der Waals surface area contributed by atoms with Crippen LogP contribution in [-0.2, 0) is 19.4 Å². The van der Waals surface area contributed by atoms with Crippen molar-refractivity contribution in [3.05, 3.63) is 0 Å². The van der Waals surface area contributed by atoms with Crippen LogP contribution in [0, 0.1) is 0 Å². The first-order chi connectivity index (χ1) is 6.87. The number of carboxylic acids is 1. The van der Waals surface area contributed by atoms with Gasteiger partial charge in [0.15, 0.2) is 0 Å². The third-order valence-electron chi connectivity index (χ3n) is 1.45. The molecule has 0 aliphatic rings. The van der Waals surface area contributed by atoms with Gasteiger partial charge in [-0.15, -0.1) is 0 Å². The van der Waals surface area contributed by atoms with Gasteiger partial charge in [0.2, 0.25) is 6.41 Å². The molecule has 0 aromatic heterocycles. The van der Waals surface area contributed by atoms with Crippen molar-refractivity contribution in [3.8, 4) is 0 Å². The van der Waals surface area contributed by atoms with Gasteiger partial charge in [-0.2, -0.15) is 11.8 Å². The van der Waals surface area contributed by atoms with E-state index in [4.69, 9.17) is 5.11 Å². The number of thioether (sulfide) groups is 1. The highest BCUT2D eigenvalue weighted by atomic mass is 32.2. The van der Waals surface area contributed by atoms with Crippen LogP contribution >= 0.6 is 11.8 Å². The Morgan fingerprint density at radius 2 is 2.20 bits per heavy atom. The van der Waals surface area contributed by atoms with Crippen molar-refractivity contribution in [2.45, 2.75) is 6.04 Å². The van der Waals surface area contributed by atoms with E-state index in [1.807, 2.05) is 0 Å². The molecular formula is C7H13NO5S2. The highest BCUT2D eigenvalue weighted by Gasteiger charge is 2.15. The Hall–Kier alpha value is -0.760. The van der Waals surface area contributed by atoms with Crippen molar-refractivity contribution < 1.29 is 23.1 Å². The summed E-state index contributed by atoms with van der Waals surface area (Å²) < 4.78 is 21.5. The minimum atomic E-state index is -3.01. The Morgan fingerprint density at radius 3 is 2.60 bits per heavy atom. The Morgan fingerprint density at radius 1 is 1.60 bits per heavy atom. The van der Waals surface area contributed by atoms with E-state index in [-0.39, 0.29) is 11.5 Å². The molecule has 0 aliphatic carbocycles. The predicted octanol–water partition coefficient (Wildman–Crippen LogP) is -1.04. The van der Waals surface area contributed by atoms with Gasteiger partial charge in [-0.3, -0.25) is 4.79 Å². The predicted molar refractivity (Wildman–Crippen MR) is 57.7 cm³/mol. The molecule has 0 heterocycles. The molecule has 0 bridgehead atoms. The van der Waals surface area contributed by atoms with E-state index >= 15 is 0 Å². The summed E-state index contributed by atoms with van der Waals surface area (Å²) in [5, 5.41) is 10.7. The SMILES string of the molecule is CS(=O)(=O)CCSCC(NC=O)C(=O)O. The number of hydrogen-bond donors (Lipinski definition) is 2. The van der Waals surface area contributed by atoms with Crippen molar-refractivity contribution >= 4 is 34.0 Å². The van der Waals surface area contributed by atoms with Gasteiger partial charge in [-0.05, 0) is 0 Å². The van der Waals surface area contributed by atoms with Gasteiger partial charge in [0.05, 0.1) is 5.75 Å². The van der Waals surface area contributed by atoms with Crippen LogP contribution in [0.3, 0.4) is 0 Å². The first-order valence-corrected chi connectivity index (χ1v) is 7.26. The van der Waals surface area contributed by atoms with Crippen molar-refractivity contribution in [2.24, 2.45) is 0 Å². The van der Waals surface area contributed by atoms with Crippen LogP contribution in [-0.4, -0.2) is 55.5 Å². The maximum Gasteiger partial charge on any atom is 0.327 e. The minimum Gasteiger partial charge on any atom is -0.480 e. The summed E-state index contributed by atoms with van der Waals surface area (Å²) in [6.45, 7) is 0. The number of hydrogen-bond acceptors (Lipinski definition) is 5. The van der Waals surface area contributed by atoms with Crippen molar-refractivity contribution in [3.63, 3.8) is 0 Å². The molecule has 1 atom stereocenters. The number of nitrogens with one attached hydrogen (secondary N) is 1. The third kappa shape index (κ3) is 8.25. The first-order valence-electron chi connectivity index (χ1n) is 4.05. The maximum atomic E-state index is 10.7. The van der Waals surface area contributed by atoms with Crippen LogP contribution in [0.1, 0.15) is 0 Å².